The van der Waals surface area contributed by atoms with E-state index in [1.165, 1.54) is 12.7 Å². The van der Waals surface area contributed by atoms with Crippen LogP contribution in [0.15, 0.2) is 89.7 Å². The van der Waals surface area contributed by atoms with Crippen molar-refractivity contribution in [3.8, 4) is 0 Å². The molecule has 4 aromatic rings. The van der Waals surface area contributed by atoms with Gasteiger partial charge in [-0.25, -0.2) is 9.97 Å². The molecule has 6 nitrogen and oxygen atoms in total. The SMILES string of the molecule is CC(C)(C)C.CC(C)(C)C.CC(C)(C)C.CC(C)(C)C.c1c[nH]cn1.c1ccncc1.c1cocn1.c1cscn1. The van der Waals surface area contributed by atoms with Gasteiger partial charge in [0.25, 0.3) is 0 Å². The lowest BCUT2D eigenvalue weighted by atomic mass is 10.0. The number of aromatic amines is 1. The Morgan fingerprint density at radius 3 is 1.07 bits per heavy atom. The van der Waals surface area contributed by atoms with Crippen molar-refractivity contribution in [1.82, 2.24) is 24.9 Å². The van der Waals surface area contributed by atoms with Crippen molar-refractivity contribution in [1.29, 1.82) is 0 Å². The van der Waals surface area contributed by atoms with E-state index < -0.39 is 0 Å². The molecular weight excluding hydrogens is 526 g/mol. The van der Waals surface area contributed by atoms with E-state index in [4.69, 9.17) is 0 Å². The van der Waals surface area contributed by atoms with E-state index in [0.29, 0.717) is 21.7 Å². The van der Waals surface area contributed by atoms with Gasteiger partial charge in [-0.2, -0.15) is 0 Å². The summed E-state index contributed by atoms with van der Waals surface area (Å²) in [5, 5.41) is 1.93. The maximum atomic E-state index is 4.47. The number of oxazole rings is 1. The summed E-state index contributed by atoms with van der Waals surface area (Å²) in [7, 11) is 0. The molecule has 1 N–H and O–H groups in total. The van der Waals surface area contributed by atoms with Gasteiger partial charge < -0.3 is 9.40 Å². The number of nitrogens with one attached hydrogen (secondary N) is 1. The van der Waals surface area contributed by atoms with Crippen LogP contribution in [0.4, 0.5) is 0 Å². The normalized spacial score (nSPS) is 9.95. The molecule has 0 spiro atoms. The summed E-state index contributed by atoms with van der Waals surface area (Å²) in [4.78, 5) is 17.5. The van der Waals surface area contributed by atoms with E-state index in [1.807, 2.05) is 23.6 Å². The highest BCUT2D eigenvalue weighted by Crippen LogP contribution is 2.09. The largest absolute Gasteiger partial charge is 0.452 e. The first kappa shape index (κ1) is 45.2. The molecule has 0 aliphatic carbocycles. The zero-order valence-electron chi connectivity index (χ0n) is 29.2. The van der Waals surface area contributed by atoms with Crippen LogP contribution < -0.4 is 0 Å². The number of thiazole rings is 1. The molecule has 0 aliphatic rings. The number of hydrogen-bond acceptors (Lipinski definition) is 6. The zero-order valence-corrected chi connectivity index (χ0v) is 30.0. The van der Waals surface area contributed by atoms with Crippen molar-refractivity contribution >= 4 is 11.3 Å². The Morgan fingerprint density at radius 2 is 0.976 bits per heavy atom. The number of H-pyrrole nitrogens is 1. The van der Waals surface area contributed by atoms with Crippen molar-refractivity contribution < 1.29 is 4.42 Å². The lowest BCUT2D eigenvalue weighted by molar-refractivity contribution is 0.469. The Balaban J connectivity index is -0.000000191. The first-order valence-corrected chi connectivity index (χ1v) is 14.9. The number of pyridine rings is 1. The van der Waals surface area contributed by atoms with Gasteiger partial charge in [-0.1, -0.05) is 117 Å². The van der Waals surface area contributed by atoms with Gasteiger partial charge >= 0.3 is 0 Å². The summed E-state index contributed by atoms with van der Waals surface area (Å²) in [5.41, 5.74) is 3.79. The fraction of sp³-hybridized carbons (Fsp3) is 0.588. The van der Waals surface area contributed by atoms with E-state index in [1.54, 1.807) is 60.4 Å². The Kier molecular flexibility index (Phi) is 30.2. The molecule has 0 atom stereocenters. The van der Waals surface area contributed by atoms with Gasteiger partial charge in [0.05, 0.1) is 18.0 Å². The van der Waals surface area contributed by atoms with E-state index in [2.05, 4.69) is 140 Å². The Bertz CT molecular complexity index is 684. The van der Waals surface area contributed by atoms with Gasteiger partial charge in [0, 0.05) is 36.4 Å². The highest BCUT2D eigenvalue weighted by molar-refractivity contribution is 7.07. The van der Waals surface area contributed by atoms with E-state index in [0.717, 1.165) is 0 Å². The molecule has 0 saturated heterocycles. The van der Waals surface area contributed by atoms with E-state index >= 15 is 0 Å². The Hall–Kier alpha value is -2.80. The van der Waals surface area contributed by atoms with Crippen LogP contribution in [0.1, 0.15) is 111 Å². The summed E-state index contributed by atoms with van der Waals surface area (Å²) in [6.45, 7) is 35.0. The predicted molar refractivity (Wildman–Crippen MR) is 182 cm³/mol. The van der Waals surface area contributed by atoms with Crippen molar-refractivity contribution in [2.45, 2.75) is 111 Å². The molecule has 0 bridgehead atoms. The van der Waals surface area contributed by atoms with Crippen molar-refractivity contribution in [3.05, 3.63) is 85.3 Å². The van der Waals surface area contributed by atoms with Crippen LogP contribution in [0.25, 0.3) is 0 Å². The van der Waals surface area contributed by atoms with Gasteiger partial charge in [0.15, 0.2) is 6.39 Å². The van der Waals surface area contributed by atoms with Gasteiger partial charge in [-0.3, -0.25) is 9.97 Å². The smallest absolute Gasteiger partial charge is 0.180 e. The highest BCUT2D eigenvalue weighted by Gasteiger charge is 1.97. The maximum absolute atomic E-state index is 4.47. The lowest BCUT2D eigenvalue weighted by Gasteiger charge is -2.05. The molecule has 4 rings (SSSR count). The van der Waals surface area contributed by atoms with Crippen LogP contribution in [0, 0.1) is 21.7 Å². The molecule has 0 unspecified atom stereocenters. The highest BCUT2D eigenvalue weighted by atomic mass is 32.1. The van der Waals surface area contributed by atoms with Gasteiger partial charge in [0.2, 0.25) is 0 Å². The number of nitrogens with zero attached hydrogens (tertiary/aromatic N) is 4. The molecule has 0 aliphatic heterocycles. The molecule has 236 valence electrons. The fourth-order valence-corrected chi connectivity index (χ4v) is 1.23. The molecule has 41 heavy (non-hydrogen) atoms. The van der Waals surface area contributed by atoms with E-state index in [-0.39, 0.29) is 0 Å². The van der Waals surface area contributed by atoms with Crippen LogP contribution in [0.3, 0.4) is 0 Å². The van der Waals surface area contributed by atoms with Crippen molar-refractivity contribution in [2.75, 3.05) is 0 Å². The molecule has 0 aromatic carbocycles. The third kappa shape index (κ3) is 139. The Morgan fingerprint density at radius 1 is 0.512 bits per heavy atom. The van der Waals surface area contributed by atoms with Crippen molar-refractivity contribution in [2.24, 2.45) is 21.7 Å². The van der Waals surface area contributed by atoms with Gasteiger partial charge in [0.1, 0.15) is 6.26 Å². The second-order valence-electron chi connectivity index (χ2n) is 15.1. The minimum absolute atomic E-state index is 0.500. The summed E-state index contributed by atoms with van der Waals surface area (Å²) in [5.74, 6) is 0. The third-order valence-corrected chi connectivity index (χ3v) is 2.19. The van der Waals surface area contributed by atoms with Crippen LogP contribution >= 0.6 is 11.3 Å². The lowest BCUT2D eigenvalue weighted by Crippen LogP contribution is -1.93. The Labute approximate surface area is 257 Å². The fourth-order valence-electron chi connectivity index (χ4n) is 0.879. The average Bonchev–Trinajstić information content (AvgIpc) is 3.59. The van der Waals surface area contributed by atoms with Crippen LogP contribution in [0.2, 0.25) is 0 Å². The minimum atomic E-state index is 0.500. The number of hydrogen-bond donors (Lipinski definition) is 1. The monoisotopic (exact) mass is 589 g/mol. The molecule has 4 heterocycles. The summed E-state index contributed by atoms with van der Waals surface area (Å²) < 4.78 is 4.47. The molecule has 0 radical (unpaired) electrons. The number of rotatable bonds is 0. The van der Waals surface area contributed by atoms with E-state index in [9.17, 15) is 0 Å². The molecular formula is C34H63N5OS. The summed E-state index contributed by atoms with van der Waals surface area (Å²) in [6, 6.07) is 5.72. The minimum Gasteiger partial charge on any atom is -0.452 e. The zero-order chi connectivity index (χ0) is 32.8. The van der Waals surface area contributed by atoms with Crippen LogP contribution in [-0.2, 0) is 0 Å². The van der Waals surface area contributed by atoms with Crippen LogP contribution in [-0.4, -0.2) is 24.9 Å². The number of imidazole rings is 1. The third-order valence-electron chi connectivity index (χ3n) is 1.67. The maximum Gasteiger partial charge on any atom is 0.180 e. The first-order valence-electron chi connectivity index (χ1n) is 13.9. The summed E-state index contributed by atoms with van der Waals surface area (Å²) >= 11 is 1.60. The molecule has 0 amide bonds. The first-order chi connectivity index (χ1) is 18.5. The standard InChI is InChI=1S/C5H5N.4C5H12.C3H4N2.C3H3NO.C3H3NS/c1-2-4-6-5-3-1;4*1-5(2,3)4;3*1-2-5-3-4-1/h1-5H;4*1-4H3;1-3H,(H,4,5);2*1-3H. The van der Waals surface area contributed by atoms with Crippen molar-refractivity contribution in [3.63, 3.8) is 0 Å². The molecule has 4 aromatic heterocycles. The second-order valence-corrected chi connectivity index (χ2v) is 15.9. The topological polar surface area (TPSA) is 80.5 Å². The second kappa shape index (κ2) is 27.4. The molecule has 7 heteroatoms. The van der Waals surface area contributed by atoms with Gasteiger partial charge in [-0.05, 0) is 33.8 Å². The van der Waals surface area contributed by atoms with Crippen LogP contribution in [0.5, 0.6) is 0 Å². The summed E-state index contributed by atoms with van der Waals surface area (Å²) in [6.07, 6.45) is 14.8. The predicted octanol–water partition coefficient (Wildman–Crippen LogP) is 11.5. The van der Waals surface area contributed by atoms with Gasteiger partial charge in [-0.15, -0.1) is 11.3 Å². The quantitative estimate of drug-likeness (QED) is 0.221. The average molecular weight is 590 g/mol. The molecule has 0 fully saturated rings. The number of aromatic nitrogens is 5. The molecule has 0 saturated carbocycles.